The monoisotopic (exact) mass is 618 g/mol. The molecule has 0 saturated heterocycles. The largest absolute Gasteiger partial charge is 0.435 e. The fourth-order valence-corrected chi connectivity index (χ4v) is 5.23. The van der Waals surface area contributed by atoms with E-state index in [0.29, 0.717) is 23.3 Å². The number of amides is 2. The van der Waals surface area contributed by atoms with Crippen LogP contribution in [0.5, 0.6) is 0 Å². The molecule has 42 heavy (non-hydrogen) atoms. The number of carbonyl (C=O) groups is 2. The molecule has 226 valence electrons. The minimum absolute atomic E-state index is 0.0416. The molecule has 6 nitrogen and oxygen atoms in total. The van der Waals surface area contributed by atoms with E-state index in [-0.39, 0.29) is 27.9 Å². The summed E-state index contributed by atoms with van der Waals surface area (Å²) in [7, 11) is -2.19. The highest BCUT2D eigenvalue weighted by Crippen LogP contribution is 2.53. The lowest BCUT2D eigenvalue weighted by Gasteiger charge is -2.31. The van der Waals surface area contributed by atoms with Gasteiger partial charge in [0.05, 0.1) is 0 Å². The molecule has 0 aliphatic rings. The summed E-state index contributed by atoms with van der Waals surface area (Å²) in [5.41, 5.74) is -7.02. The zero-order valence-corrected chi connectivity index (χ0v) is 23.4. The van der Waals surface area contributed by atoms with Gasteiger partial charge in [-0.2, -0.15) is 26.3 Å². The van der Waals surface area contributed by atoms with Crippen LogP contribution in [-0.2, 0) is 15.5 Å². The number of hydrogen-bond acceptors (Lipinski definition) is 4. The van der Waals surface area contributed by atoms with Gasteiger partial charge in [0.2, 0.25) is 0 Å². The van der Waals surface area contributed by atoms with Gasteiger partial charge in [-0.3, -0.25) is 9.59 Å². The number of alkyl halides is 7. The van der Waals surface area contributed by atoms with Crippen molar-refractivity contribution in [3.63, 3.8) is 0 Å². The molecule has 3 aromatic rings. The smallest absolute Gasteiger partial charge is 0.327 e. The lowest BCUT2D eigenvalue weighted by Crippen LogP contribution is -2.50. The maximum Gasteiger partial charge on any atom is 0.435 e. The van der Waals surface area contributed by atoms with Gasteiger partial charge in [0.15, 0.2) is 9.84 Å². The predicted octanol–water partition coefficient (Wildman–Crippen LogP) is 6.59. The summed E-state index contributed by atoms with van der Waals surface area (Å²) < 4.78 is 117. The highest BCUT2D eigenvalue weighted by molar-refractivity contribution is 7.90. The summed E-state index contributed by atoms with van der Waals surface area (Å²) in [6.07, 6.45) is -11.6. The van der Waals surface area contributed by atoms with E-state index in [1.807, 2.05) is 0 Å². The van der Waals surface area contributed by atoms with Crippen molar-refractivity contribution in [1.82, 2.24) is 4.90 Å². The molecule has 0 heterocycles. The van der Waals surface area contributed by atoms with Crippen LogP contribution in [0.4, 0.5) is 36.4 Å². The van der Waals surface area contributed by atoms with E-state index >= 15 is 0 Å². The molecule has 0 unspecified atom stereocenters. The Balaban J connectivity index is 1.99. The standard InChI is InChI=1S/C28H25F7N2O4S/c1-16-12-20(26(29,27(30,31)32)28(33,34)35)13-17(2)23(16)36-24(38)22-11-6-5-10-21(22)18-8-7-9-19(14-18)25(39)37(3)15-42(4,40)41/h5-14H,15H2,1-4H3,(H,36,38). The number of aryl methyl sites for hydroxylation is 2. The third-order valence-corrected chi connectivity index (χ3v) is 7.17. The summed E-state index contributed by atoms with van der Waals surface area (Å²) in [4.78, 5) is 27.1. The lowest BCUT2D eigenvalue weighted by molar-refractivity contribution is -0.348. The molecule has 0 atom stereocenters. The van der Waals surface area contributed by atoms with Gasteiger partial charge in [-0.15, -0.1) is 0 Å². The van der Waals surface area contributed by atoms with E-state index in [1.54, 1.807) is 18.2 Å². The average molecular weight is 619 g/mol. The Morgan fingerprint density at radius 1 is 0.833 bits per heavy atom. The zero-order valence-electron chi connectivity index (χ0n) is 22.6. The third kappa shape index (κ3) is 6.58. The zero-order chi connectivity index (χ0) is 31.8. The van der Waals surface area contributed by atoms with Gasteiger partial charge >= 0.3 is 18.0 Å². The molecule has 0 aliphatic heterocycles. The van der Waals surface area contributed by atoms with Gasteiger partial charge < -0.3 is 10.2 Å². The number of rotatable bonds is 7. The fourth-order valence-electron chi connectivity index (χ4n) is 4.41. The molecule has 1 N–H and O–H groups in total. The molecule has 3 aromatic carbocycles. The summed E-state index contributed by atoms with van der Waals surface area (Å²) >= 11 is 0. The van der Waals surface area contributed by atoms with Gasteiger partial charge in [-0.1, -0.05) is 42.5 Å². The van der Waals surface area contributed by atoms with Crippen LogP contribution in [0, 0.1) is 13.8 Å². The highest BCUT2D eigenvalue weighted by atomic mass is 32.2. The van der Waals surface area contributed by atoms with Crippen LogP contribution in [0.25, 0.3) is 11.1 Å². The molecule has 2 amide bonds. The van der Waals surface area contributed by atoms with Crippen molar-refractivity contribution < 1.29 is 48.7 Å². The van der Waals surface area contributed by atoms with Crippen molar-refractivity contribution in [2.75, 3.05) is 24.5 Å². The molecular weight excluding hydrogens is 593 g/mol. The first-order chi connectivity index (χ1) is 19.2. The minimum atomic E-state index is -6.29. The number of sulfone groups is 1. The molecule has 0 saturated carbocycles. The minimum Gasteiger partial charge on any atom is -0.327 e. The van der Waals surface area contributed by atoms with Gasteiger partial charge in [-0.05, 0) is 54.3 Å². The Bertz CT molecular complexity index is 1600. The number of nitrogens with zero attached hydrogens (tertiary/aromatic N) is 1. The Labute approximate surface area is 237 Å². The summed E-state index contributed by atoms with van der Waals surface area (Å²) in [6, 6.07) is 12.8. The number of benzene rings is 3. The van der Waals surface area contributed by atoms with Crippen LogP contribution < -0.4 is 5.32 Å². The second kappa shape index (κ2) is 11.4. The number of anilines is 1. The molecule has 0 bridgehead atoms. The van der Waals surface area contributed by atoms with Crippen molar-refractivity contribution in [3.05, 3.63) is 88.5 Å². The maximum atomic E-state index is 14.6. The van der Waals surface area contributed by atoms with Crippen LogP contribution in [-0.4, -0.2) is 56.7 Å². The van der Waals surface area contributed by atoms with Crippen LogP contribution in [0.3, 0.4) is 0 Å². The summed E-state index contributed by atoms with van der Waals surface area (Å²) in [6.45, 7) is 2.26. The first-order valence-corrected chi connectivity index (χ1v) is 14.1. The lowest BCUT2D eigenvalue weighted by atomic mass is 9.90. The van der Waals surface area contributed by atoms with Crippen molar-refractivity contribution in [2.45, 2.75) is 31.9 Å². The topological polar surface area (TPSA) is 83.6 Å². The first-order valence-electron chi connectivity index (χ1n) is 12.1. The summed E-state index contributed by atoms with van der Waals surface area (Å²) in [5, 5.41) is 2.48. The molecule has 0 spiro atoms. The molecule has 0 fully saturated rings. The van der Waals surface area contributed by atoms with E-state index in [0.717, 1.165) is 25.0 Å². The van der Waals surface area contributed by atoms with E-state index in [1.165, 1.54) is 37.4 Å². The van der Waals surface area contributed by atoms with Gasteiger partial charge in [0.1, 0.15) is 5.88 Å². The van der Waals surface area contributed by atoms with Crippen LogP contribution in [0.15, 0.2) is 60.7 Å². The number of nitrogens with one attached hydrogen (secondary N) is 1. The van der Waals surface area contributed by atoms with Gasteiger partial charge in [-0.25, -0.2) is 12.8 Å². The van der Waals surface area contributed by atoms with Crippen LogP contribution in [0.2, 0.25) is 0 Å². The van der Waals surface area contributed by atoms with Gasteiger partial charge in [0.25, 0.3) is 11.8 Å². The SMILES string of the molecule is Cc1cc(C(F)(C(F)(F)F)C(F)(F)F)cc(C)c1NC(=O)c1ccccc1-c1cccc(C(=O)N(C)CS(C)(=O)=O)c1. The van der Waals surface area contributed by atoms with E-state index in [2.05, 4.69) is 5.32 Å². The van der Waals surface area contributed by atoms with Crippen molar-refractivity contribution in [3.8, 4) is 11.1 Å². The molecule has 0 aliphatic carbocycles. The van der Waals surface area contributed by atoms with E-state index in [4.69, 9.17) is 0 Å². The Morgan fingerprint density at radius 3 is 1.90 bits per heavy atom. The fraction of sp³-hybridized carbons (Fsp3) is 0.286. The van der Waals surface area contributed by atoms with E-state index in [9.17, 15) is 48.7 Å². The van der Waals surface area contributed by atoms with Crippen molar-refractivity contribution in [1.29, 1.82) is 0 Å². The molecule has 14 heteroatoms. The summed E-state index contributed by atoms with van der Waals surface area (Å²) in [5.74, 6) is -1.91. The first kappa shape index (κ1) is 32.6. The number of hydrogen-bond donors (Lipinski definition) is 1. The maximum absolute atomic E-state index is 14.6. The van der Waals surface area contributed by atoms with Crippen molar-refractivity contribution >= 4 is 27.3 Å². The second-order valence-corrected chi connectivity index (χ2v) is 11.9. The Morgan fingerprint density at radius 2 is 1.38 bits per heavy atom. The normalized spacial score (nSPS) is 12.6. The Kier molecular flexibility index (Phi) is 8.83. The number of halogens is 7. The average Bonchev–Trinajstić information content (AvgIpc) is 2.87. The molecular formula is C28H25F7N2O4S. The van der Waals surface area contributed by atoms with Crippen LogP contribution >= 0.6 is 0 Å². The van der Waals surface area contributed by atoms with Gasteiger partial charge in [0, 0.05) is 35.7 Å². The highest BCUT2D eigenvalue weighted by Gasteiger charge is 2.73. The second-order valence-electron chi connectivity index (χ2n) is 9.78. The molecule has 3 rings (SSSR count). The quantitative estimate of drug-likeness (QED) is 0.303. The molecule has 0 radical (unpaired) electrons. The number of carbonyl (C=O) groups excluding carboxylic acids is 2. The molecule has 0 aromatic heterocycles. The Hall–Kier alpha value is -3.94. The van der Waals surface area contributed by atoms with Crippen molar-refractivity contribution in [2.24, 2.45) is 0 Å². The van der Waals surface area contributed by atoms with E-state index < -0.39 is 51.1 Å². The third-order valence-electron chi connectivity index (χ3n) is 6.32. The van der Waals surface area contributed by atoms with Crippen LogP contribution in [0.1, 0.15) is 37.4 Å². The predicted molar refractivity (Wildman–Crippen MR) is 142 cm³/mol.